The molecule has 0 saturated heterocycles. The number of nitrogens with two attached hydrogens (primary N) is 1. The third-order valence-electron chi connectivity index (χ3n) is 1.74. The molecule has 1 unspecified atom stereocenters. The molecule has 0 aromatic rings. The minimum atomic E-state index is -4.18. The van der Waals surface area contributed by atoms with Gasteiger partial charge in [0.05, 0.1) is 0 Å². The maximum Gasteiger partial charge on any atom is 0.409 e. The first-order valence-electron chi connectivity index (χ1n) is 7.48. The Morgan fingerprint density at radius 3 is 1.75 bits per heavy atom. The molecule has 0 aliphatic rings. The molecule has 1 atom stereocenters. The molecule has 20 heavy (non-hydrogen) atoms. The number of rotatable bonds is 5. The monoisotopic (exact) mass is 297 g/mol. The van der Waals surface area contributed by atoms with Gasteiger partial charge < -0.3 is 5.73 Å². The Hall–Kier alpha value is -0.770. The molecule has 0 spiro atoms. The highest BCUT2D eigenvalue weighted by atomic mass is 19.4. The minimum absolute atomic E-state index is 0.170. The Morgan fingerprint density at radius 1 is 1.10 bits per heavy atom. The van der Waals surface area contributed by atoms with Gasteiger partial charge >= 0.3 is 6.18 Å². The second-order valence-corrected chi connectivity index (χ2v) is 3.37. The third-order valence-corrected chi connectivity index (χ3v) is 1.74. The molecule has 1 nitrogen and oxygen atoms in total. The van der Waals surface area contributed by atoms with Crippen LogP contribution in [-0.4, -0.2) is 12.7 Å². The average molecular weight is 297 g/mol. The van der Waals surface area contributed by atoms with Crippen LogP contribution in [0.25, 0.3) is 0 Å². The molecule has 0 aromatic heterocycles. The van der Waals surface area contributed by atoms with Crippen LogP contribution < -0.4 is 5.73 Å². The summed E-state index contributed by atoms with van der Waals surface area (Å²) in [5, 5.41) is 0. The van der Waals surface area contributed by atoms with Crippen molar-refractivity contribution in [2.75, 3.05) is 6.54 Å². The quantitative estimate of drug-likeness (QED) is 0.608. The van der Waals surface area contributed by atoms with Gasteiger partial charge in [0.25, 0.3) is 0 Å². The fourth-order valence-corrected chi connectivity index (χ4v) is 1.08. The molecule has 0 radical (unpaired) electrons. The highest BCUT2D eigenvalue weighted by Gasteiger charge is 2.21. The van der Waals surface area contributed by atoms with E-state index in [0.717, 1.165) is 19.4 Å². The standard InChI is InChI=1S/C10H15F3.C2H7N.2C2H6/c1-3-6-9(4-2)7-5-8-10(11,12)13;1-2-3;2*1-2/h4-5,8-9H,2-3,6-7H2,1H3;2-3H2,1H3;2*1-2H3/b8-5+;;;. The van der Waals surface area contributed by atoms with E-state index in [4.69, 9.17) is 5.73 Å². The molecule has 124 valence electrons. The van der Waals surface area contributed by atoms with Crippen molar-refractivity contribution in [3.63, 3.8) is 0 Å². The van der Waals surface area contributed by atoms with Gasteiger partial charge in [-0.1, -0.05) is 60.1 Å². The van der Waals surface area contributed by atoms with Crippen LogP contribution in [0.5, 0.6) is 0 Å². The molecular formula is C16H34F3N. The van der Waals surface area contributed by atoms with Gasteiger partial charge in [-0.2, -0.15) is 13.2 Å². The van der Waals surface area contributed by atoms with Crippen LogP contribution >= 0.6 is 0 Å². The molecule has 0 aliphatic carbocycles. The molecular weight excluding hydrogens is 263 g/mol. The Bertz CT molecular complexity index is 187. The largest absolute Gasteiger partial charge is 0.409 e. The summed E-state index contributed by atoms with van der Waals surface area (Å²) in [7, 11) is 0. The van der Waals surface area contributed by atoms with Crippen LogP contribution in [0.15, 0.2) is 24.8 Å². The Kier molecular flexibility index (Phi) is 32.1. The van der Waals surface area contributed by atoms with Gasteiger partial charge in [0.15, 0.2) is 0 Å². The highest BCUT2D eigenvalue weighted by Crippen LogP contribution is 2.19. The number of halogens is 3. The first-order chi connectivity index (χ1) is 9.41. The molecule has 0 rings (SSSR count). The van der Waals surface area contributed by atoms with E-state index in [2.05, 4.69) is 6.58 Å². The van der Waals surface area contributed by atoms with E-state index in [0.29, 0.717) is 12.5 Å². The lowest BCUT2D eigenvalue weighted by atomic mass is 10.00. The zero-order valence-corrected chi connectivity index (χ0v) is 14.1. The van der Waals surface area contributed by atoms with E-state index in [1.54, 1.807) is 6.08 Å². The summed E-state index contributed by atoms with van der Waals surface area (Å²) in [4.78, 5) is 0. The first kappa shape index (κ1) is 27.6. The van der Waals surface area contributed by atoms with Gasteiger partial charge in [0, 0.05) is 6.08 Å². The third kappa shape index (κ3) is 36.0. The molecule has 2 N–H and O–H groups in total. The lowest BCUT2D eigenvalue weighted by Crippen LogP contribution is -2.01. The van der Waals surface area contributed by atoms with E-state index in [-0.39, 0.29) is 5.92 Å². The van der Waals surface area contributed by atoms with Crippen molar-refractivity contribution >= 4 is 0 Å². The van der Waals surface area contributed by atoms with E-state index in [1.165, 1.54) is 6.08 Å². The molecule has 4 heteroatoms. The van der Waals surface area contributed by atoms with Crippen molar-refractivity contribution in [1.29, 1.82) is 0 Å². The average Bonchev–Trinajstić information content (AvgIpc) is 2.42. The zero-order chi connectivity index (χ0) is 17.0. The molecule has 0 amide bonds. The SMILES string of the molecule is C=CC(C/C=C/C(F)(F)F)CCC.CC.CC.CCN. The number of alkyl halides is 3. The van der Waals surface area contributed by atoms with Gasteiger partial charge in [-0.3, -0.25) is 0 Å². The summed E-state index contributed by atoms with van der Waals surface area (Å²) in [5.41, 5.74) is 4.85. The molecule has 0 aromatic carbocycles. The minimum Gasteiger partial charge on any atom is -0.331 e. The Balaban J connectivity index is -0.000000155. The summed E-state index contributed by atoms with van der Waals surface area (Å²) in [5.74, 6) is 0.170. The summed E-state index contributed by atoms with van der Waals surface area (Å²) in [6.07, 6.45) is 1.28. The Labute approximate surface area is 124 Å². The van der Waals surface area contributed by atoms with Crippen molar-refractivity contribution < 1.29 is 13.2 Å². The summed E-state index contributed by atoms with van der Waals surface area (Å²) < 4.78 is 35.0. The van der Waals surface area contributed by atoms with Crippen LogP contribution in [0.1, 0.15) is 60.8 Å². The van der Waals surface area contributed by atoms with Crippen LogP contribution in [-0.2, 0) is 0 Å². The molecule has 0 fully saturated rings. The van der Waals surface area contributed by atoms with E-state index in [1.807, 2.05) is 41.5 Å². The lowest BCUT2D eigenvalue weighted by molar-refractivity contribution is -0.0800. The maximum atomic E-state index is 11.7. The predicted octanol–water partition coefficient (Wildman–Crippen LogP) is 6.11. The smallest absolute Gasteiger partial charge is 0.331 e. The number of allylic oxidation sites excluding steroid dienone is 3. The van der Waals surface area contributed by atoms with Crippen LogP contribution in [0.4, 0.5) is 13.2 Å². The van der Waals surface area contributed by atoms with Crippen LogP contribution in [0, 0.1) is 5.92 Å². The number of hydrogen-bond acceptors (Lipinski definition) is 1. The second-order valence-electron chi connectivity index (χ2n) is 3.37. The molecule has 0 saturated carbocycles. The normalized spacial score (nSPS) is 11.1. The fraction of sp³-hybridized carbons (Fsp3) is 0.750. The molecule has 0 heterocycles. The van der Waals surface area contributed by atoms with Crippen molar-refractivity contribution in [2.24, 2.45) is 11.7 Å². The second kappa shape index (κ2) is 23.3. The van der Waals surface area contributed by atoms with Gasteiger partial charge in [-0.05, 0) is 25.3 Å². The van der Waals surface area contributed by atoms with Gasteiger partial charge in [-0.25, -0.2) is 0 Å². The highest BCUT2D eigenvalue weighted by molar-refractivity contribution is 4.93. The predicted molar refractivity (Wildman–Crippen MR) is 85.8 cm³/mol. The number of hydrogen-bond donors (Lipinski definition) is 1. The van der Waals surface area contributed by atoms with Crippen molar-refractivity contribution in [1.82, 2.24) is 0 Å². The van der Waals surface area contributed by atoms with Gasteiger partial charge in [-0.15, -0.1) is 6.58 Å². The lowest BCUT2D eigenvalue weighted by Gasteiger charge is -2.07. The van der Waals surface area contributed by atoms with Gasteiger partial charge in [0.2, 0.25) is 0 Å². The van der Waals surface area contributed by atoms with Crippen molar-refractivity contribution in [3.05, 3.63) is 24.8 Å². The van der Waals surface area contributed by atoms with Crippen LogP contribution in [0.2, 0.25) is 0 Å². The van der Waals surface area contributed by atoms with Gasteiger partial charge in [0.1, 0.15) is 0 Å². The van der Waals surface area contributed by atoms with E-state index in [9.17, 15) is 13.2 Å². The topological polar surface area (TPSA) is 26.0 Å². The zero-order valence-electron chi connectivity index (χ0n) is 14.1. The molecule has 0 aliphatic heterocycles. The summed E-state index contributed by atoms with van der Waals surface area (Å²) in [6, 6.07) is 0. The summed E-state index contributed by atoms with van der Waals surface area (Å²) in [6.45, 7) is 16.2. The summed E-state index contributed by atoms with van der Waals surface area (Å²) >= 11 is 0. The van der Waals surface area contributed by atoms with Crippen LogP contribution in [0.3, 0.4) is 0 Å². The Morgan fingerprint density at radius 2 is 1.50 bits per heavy atom. The first-order valence-corrected chi connectivity index (χ1v) is 7.48. The molecule has 0 bridgehead atoms. The van der Waals surface area contributed by atoms with Crippen molar-refractivity contribution in [3.8, 4) is 0 Å². The van der Waals surface area contributed by atoms with E-state index < -0.39 is 6.18 Å². The van der Waals surface area contributed by atoms with E-state index >= 15 is 0 Å². The maximum absolute atomic E-state index is 11.7. The fourth-order valence-electron chi connectivity index (χ4n) is 1.08. The van der Waals surface area contributed by atoms with Crippen molar-refractivity contribution in [2.45, 2.75) is 67.0 Å².